The predicted octanol–water partition coefficient (Wildman–Crippen LogP) is 3.59. The van der Waals surface area contributed by atoms with E-state index >= 15 is 0 Å². The summed E-state index contributed by atoms with van der Waals surface area (Å²) in [5.41, 5.74) is 6.91. The second kappa shape index (κ2) is 6.19. The van der Waals surface area contributed by atoms with Gasteiger partial charge in [0.2, 0.25) is 0 Å². The molecule has 0 aromatic heterocycles. The Morgan fingerprint density at radius 2 is 1.71 bits per heavy atom. The molecule has 2 N–H and O–H groups in total. The van der Waals surface area contributed by atoms with Crippen LogP contribution >= 0.6 is 0 Å². The average Bonchev–Trinajstić information content (AvgIpc) is 2.27. The standard InChI is InChI=1S/C15H31NO/c1-13(2)11-17-10-9-15(12-16)7-5-14(3,4)6-8-15/h13H,5-12,16H2,1-4H3. The van der Waals surface area contributed by atoms with Gasteiger partial charge >= 0.3 is 0 Å². The molecule has 1 rings (SSSR count). The van der Waals surface area contributed by atoms with Crippen molar-refractivity contribution in [3.8, 4) is 0 Å². The molecule has 17 heavy (non-hydrogen) atoms. The number of hydrogen-bond donors (Lipinski definition) is 1. The Morgan fingerprint density at radius 3 is 2.18 bits per heavy atom. The highest BCUT2D eigenvalue weighted by atomic mass is 16.5. The molecule has 0 radical (unpaired) electrons. The molecule has 0 aromatic carbocycles. The van der Waals surface area contributed by atoms with E-state index in [0.29, 0.717) is 16.7 Å². The molecule has 0 aromatic rings. The first kappa shape index (κ1) is 15.0. The number of hydrogen-bond acceptors (Lipinski definition) is 2. The fourth-order valence-electron chi connectivity index (χ4n) is 2.62. The summed E-state index contributed by atoms with van der Waals surface area (Å²) in [4.78, 5) is 0. The second-order valence-corrected chi connectivity index (χ2v) is 7.09. The van der Waals surface area contributed by atoms with Crippen LogP contribution in [0, 0.1) is 16.7 Å². The predicted molar refractivity (Wildman–Crippen MR) is 74.0 cm³/mol. The molecule has 0 bridgehead atoms. The number of nitrogens with two attached hydrogens (primary N) is 1. The van der Waals surface area contributed by atoms with Crippen LogP contribution in [0.3, 0.4) is 0 Å². The first-order chi connectivity index (χ1) is 7.89. The fourth-order valence-corrected chi connectivity index (χ4v) is 2.62. The largest absolute Gasteiger partial charge is 0.381 e. The molecule has 0 atom stereocenters. The highest BCUT2D eigenvalue weighted by Gasteiger charge is 2.36. The van der Waals surface area contributed by atoms with Crippen LogP contribution in [0.4, 0.5) is 0 Å². The topological polar surface area (TPSA) is 35.2 Å². The summed E-state index contributed by atoms with van der Waals surface area (Å²) in [6, 6.07) is 0. The van der Waals surface area contributed by atoms with Crippen molar-refractivity contribution in [2.75, 3.05) is 19.8 Å². The smallest absolute Gasteiger partial charge is 0.0488 e. The minimum absolute atomic E-state index is 0.368. The van der Waals surface area contributed by atoms with Crippen molar-refractivity contribution in [3.05, 3.63) is 0 Å². The molecule has 0 heterocycles. The van der Waals surface area contributed by atoms with Gasteiger partial charge in [0.05, 0.1) is 0 Å². The zero-order valence-electron chi connectivity index (χ0n) is 12.2. The molecular weight excluding hydrogens is 210 g/mol. The molecule has 0 aliphatic heterocycles. The van der Waals surface area contributed by atoms with Crippen LogP contribution in [0.5, 0.6) is 0 Å². The van der Waals surface area contributed by atoms with Gasteiger partial charge in [0.15, 0.2) is 0 Å². The van der Waals surface area contributed by atoms with Crippen molar-refractivity contribution in [2.45, 2.75) is 59.8 Å². The van der Waals surface area contributed by atoms with Gasteiger partial charge in [-0.1, -0.05) is 27.7 Å². The highest BCUT2D eigenvalue weighted by molar-refractivity contribution is 4.89. The van der Waals surface area contributed by atoms with Gasteiger partial charge in [0.25, 0.3) is 0 Å². The average molecular weight is 241 g/mol. The third-order valence-corrected chi connectivity index (χ3v) is 4.33. The Labute approximate surface area is 107 Å². The van der Waals surface area contributed by atoms with Crippen molar-refractivity contribution in [2.24, 2.45) is 22.5 Å². The van der Waals surface area contributed by atoms with Gasteiger partial charge in [-0.3, -0.25) is 0 Å². The molecule has 1 aliphatic rings. The van der Waals surface area contributed by atoms with E-state index in [2.05, 4.69) is 27.7 Å². The molecule has 2 heteroatoms. The summed E-state index contributed by atoms with van der Waals surface area (Å²) >= 11 is 0. The van der Waals surface area contributed by atoms with Crippen molar-refractivity contribution >= 4 is 0 Å². The van der Waals surface area contributed by atoms with Crippen molar-refractivity contribution in [1.82, 2.24) is 0 Å². The van der Waals surface area contributed by atoms with E-state index in [1.165, 1.54) is 25.7 Å². The Hall–Kier alpha value is -0.0800. The van der Waals surface area contributed by atoms with E-state index in [1.54, 1.807) is 0 Å². The Kier molecular flexibility index (Phi) is 5.46. The van der Waals surface area contributed by atoms with E-state index in [0.717, 1.165) is 26.2 Å². The first-order valence-corrected chi connectivity index (χ1v) is 7.17. The molecule has 1 fully saturated rings. The zero-order chi connectivity index (χ0) is 12.9. The minimum atomic E-state index is 0.368. The summed E-state index contributed by atoms with van der Waals surface area (Å²) in [6.07, 6.45) is 6.33. The van der Waals surface area contributed by atoms with Crippen LogP contribution in [0.1, 0.15) is 59.8 Å². The van der Waals surface area contributed by atoms with Gasteiger partial charge in [0, 0.05) is 13.2 Å². The maximum atomic E-state index is 6.01. The van der Waals surface area contributed by atoms with Crippen LogP contribution < -0.4 is 5.73 Å². The highest BCUT2D eigenvalue weighted by Crippen LogP contribution is 2.46. The van der Waals surface area contributed by atoms with E-state index in [9.17, 15) is 0 Å². The summed E-state index contributed by atoms with van der Waals surface area (Å²) in [5.74, 6) is 0.633. The molecule has 0 unspecified atom stereocenters. The van der Waals surface area contributed by atoms with E-state index < -0.39 is 0 Å². The van der Waals surface area contributed by atoms with Gasteiger partial charge in [-0.15, -0.1) is 0 Å². The van der Waals surface area contributed by atoms with Gasteiger partial charge in [-0.2, -0.15) is 0 Å². The van der Waals surface area contributed by atoms with E-state index in [-0.39, 0.29) is 0 Å². The van der Waals surface area contributed by atoms with Crippen molar-refractivity contribution in [1.29, 1.82) is 0 Å². The fraction of sp³-hybridized carbons (Fsp3) is 1.00. The van der Waals surface area contributed by atoms with Crippen LogP contribution in [-0.4, -0.2) is 19.8 Å². The normalized spacial score (nSPS) is 22.9. The molecule has 0 spiro atoms. The summed E-state index contributed by atoms with van der Waals surface area (Å²) in [7, 11) is 0. The van der Waals surface area contributed by atoms with Crippen molar-refractivity contribution < 1.29 is 4.74 Å². The van der Waals surface area contributed by atoms with Crippen molar-refractivity contribution in [3.63, 3.8) is 0 Å². The van der Waals surface area contributed by atoms with Crippen LogP contribution in [0.2, 0.25) is 0 Å². The van der Waals surface area contributed by atoms with Crippen LogP contribution in [-0.2, 0) is 4.74 Å². The lowest BCUT2D eigenvalue weighted by molar-refractivity contribution is 0.0424. The van der Waals surface area contributed by atoms with Gasteiger partial charge in [-0.05, 0) is 55.4 Å². The molecule has 1 saturated carbocycles. The molecule has 1 aliphatic carbocycles. The van der Waals surface area contributed by atoms with Crippen LogP contribution in [0.15, 0.2) is 0 Å². The third kappa shape index (κ3) is 4.97. The summed E-state index contributed by atoms with van der Waals surface area (Å²) in [5, 5.41) is 0. The Balaban J connectivity index is 2.32. The molecule has 2 nitrogen and oxygen atoms in total. The molecule has 102 valence electrons. The summed E-state index contributed by atoms with van der Waals surface area (Å²) in [6.45, 7) is 11.7. The molecule has 0 saturated heterocycles. The molecular formula is C15H31NO. The maximum absolute atomic E-state index is 6.01. The minimum Gasteiger partial charge on any atom is -0.381 e. The molecule has 0 amide bonds. The van der Waals surface area contributed by atoms with Gasteiger partial charge in [0.1, 0.15) is 0 Å². The third-order valence-electron chi connectivity index (χ3n) is 4.33. The number of rotatable bonds is 6. The van der Waals surface area contributed by atoms with Gasteiger partial charge in [-0.25, -0.2) is 0 Å². The Morgan fingerprint density at radius 1 is 1.12 bits per heavy atom. The zero-order valence-corrected chi connectivity index (χ0v) is 12.2. The lowest BCUT2D eigenvalue weighted by Crippen LogP contribution is -2.38. The SMILES string of the molecule is CC(C)COCCC1(CN)CCC(C)(C)CC1. The Bertz CT molecular complexity index is 213. The monoisotopic (exact) mass is 241 g/mol. The lowest BCUT2D eigenvalue weighted by Gasteiger charge is -2.43. The first-order valence-electron chi connectivity index (χ1n) is 7.17. The lowest BCUT2D eigenvalue weighted by atomic mass is 9.64. The van der Waals surface area contributed by atoms with Crippen LogP contribution in [0.25, 0.3) is 0 Å². The quantitative estimate of drug-likeness (QED) is 0.721. The van der Waals surface area contributed by atoms with Gasteiger partial charge < -0.3 is 10.5 Å². The maximum Gasteiger partial charge on any atom is 0.0488 e. The van der Waals surface area contributed by atoms with E-state index in [4.69, 9.17) is 10.5 Å². The number of ether oxygens (including phenoxy) is 1. The van der Waals surface area contributed by atoms with E-state index in [1.807, 2.05) is 0 Å². The second-order valence-electron chi connectivity index (χ2n) is 7.09. The summed E-state index contributed by atoms with van der Waals surface area (Å²) < 4.78 is 5.72.